The third-order valence-corrected chi connectivity index (χ3v) is 5.44. The van der Waals surface area contributed by atoms with Gasteiger partial charge in [0.25, 0.3) is 0 Å². The number of hydrazone groups is 1. The molecule has 0 spiro atoms. The lowest BCUT2D eigenvalue weighted by atomic mass is 10.2. The van der Waals surface area contributed by atoms with Gasteiger partial charge in [-0.05, 0) is 59.6 Å². The van der Waals surface area contributed by atoms with Crippen LogP contribution in [0.2, 0.25) is 0 Å². The van der Waals surface area contributed by atoms with Crippen LogP contribution in [0.1, 0.15) is 18.5 Å². The zero-order valence-corrected chi connectivity index (χ0v) is 17.7. The maximum atomic E-state index is 4.42. The molecule has 1 aromatic carbocycles. The molecule has 1 aliphatic heterocycles. The molecule has 2 heterocycles. The van der Waals surface area contributed by atoms with Gasteiger partial charge in [0.2, 0.25) is 5.96 Å². The van der Waals surface area contributed by atoms with Gasteiger partial charge in [-0.1, -0.05) is 12.1 Å². The normalized spacial score (nSPS) is 18.4. The zero-order chi connectivity index (χ0) is 19.2. The predicted molar refractivity (Wildman–Crippen MR) is 116 cm³/mol. The molecule has 27 heavy (non-hydrogen) atoms. The molecule has 144 valence electrons. The average Bonchev–Trinajstić information content (AvgIpc) is 3.29. The summed E-state index contributed by atoms with van der Waals surface area (Å²) in [6.07, 6.45) is 6.45. The molecule has 0 aliphatic carbocycles. The van der Waals surface area contributed by atoms with Crippen LogP contribution in [-0.2, 0) is 6.54 Å². The maximum absolute atomic E-state index is 4.42. The number of para-hydroxylation sites is 1. The van der Waals surface area contributed by atoms with Gasteiger partial charge in [-0.15, -0.1) is 0 Å². The number of aromatic nitrogens is 1. The van der Waals surface area contributed by atoms with Crippen LogP contribution in [0, 0.1) is 0 Å². The molecular formula is C20H27BrN6. The fraction of sp³-hybridized carbons (Fsp3) is 0.400. The van der Waals surface area contributed by atoms with E-state index in [-0.39, 0.29) is 0 Å². The van der Waals surface area contributed by atoms with Crippen molar-refractivity contribution >= 4 is 28.1 Å². The summed E-state index contributed by atoms with van der Waals surface area (Å²) in [5, 5.41) is 4.42. The highest BCUT2D eigenvalue weighted by molar-refractivity contribution is 9.10. The Morgan fingerprint density at radius 2 is 2.11 bits per heavy atom. The summed E-state index contributed by atoms with van der Waals surface area (Å²) in [5.74, 6) is 0.749. The highest BCUT2D eigenvalue weighted by atomic mass is 79.9. The zero-order valence-electron chi connectivity index (χ0n) is 16.1. The fourth-order valence-electron chi connectivity index (χ4n) is 3.38. The smallest absolute Gasteiger partial charge is 0.213 e. The lowest BCUT2D eigenvalue weighted by Crippen LogP contribution is -2.35. The quantitative estimate of drug-likeness (QED) is 0.449. The lowest BCUT2D eigenvalue weighted by molar-refractivity contribution is 0.292. The minimum absolute atomic E-state index is 0.334. The van der Waals surface area contributed by atoms with Gasteiger partial charge in [-0.2, -0.15) is 5.10 Å². The Balaban J connectivity index is 1.69. The van der Waals surface area contributed by atoms with Crippen molar-refractivity contribution in [2.75, 3.05) is 27.7 Å². The van der Waals surface area contributed by atoms with Crippen molar-refractivity contribution < 1.29 is 0 Å². The van der Waals surface area contributed by atoms with Crippen LogP contribution in [0.4, 0.5) is 0 Å². The first-order valence-corrected chi connectivity index (χ1v) is 9.98. The van der Waals surface area contributed by atoms with E-state index >= 15 is 0 Å². The molecule has 7 heteroatoms. The molecule has 0 radical (unpaired) electrons. The fourth-order valence-corrected chi connectivity index (χ4v) is 3.86. The number of rotatable bonds is 5. The molecule has 1 unspecified atom stereocenters. The molecular weight excluding hydrogens is 404 g/mol. The van der Waals surface area contributed by atoms with Crippen molar-refractivity contribution in [3.05, 3.63) is 52.8 Å². The molecule has 1 fully saturated rings. The van der Waals surface area contributed by atoms with E-state index in [0.717, 1.165) is 29.9 Å². The van der Waals surface area contributed by atoms with Gasteiger partial charge in [0.1, 0.15) is 0 Å². The van der Waals surface area contributed by atoms with E-state index in [1.807, 2.05) is 31.3 Å². The second kappa shape index (κ2) is 9.19. The van der Waals surface area contributed by atoms with Crippen molar-refractivity contribution in [2.24, 2.45) is 10.1 Å². The third kappa shape index (κ3) is 4.78. The number of nitrogens with zero attached hydrogens (tertiary/aromatic N) is 5. The number of benzene rings is 1. The number of likely N-dealkylation sites (tertiary alicyclic amines) is 1. The molecule has 0 bridgehead atoms. The van der Waals surface area contributed by atoms with Gasteiger partial charge in [-0.25, -0.2) is 5.43 Å². The molecule has 0 amide bonds. The van der Waals surface area contributed by atoms with Crippen molar-refractivity contribution in [2.45, 2.75) is 25.4 Å². The van der Waals surface area contributed by atoms with E-state index in [4.69, 9.17) is 0 Å². The van der Waals surface area contributed by atoms with Crippen LogP contribution >= 0.6 is 15.9 Å². The Labute approximate surface area is 169 Å². The summed E-state index contributed by atoms with van der Waals surface area (Å²) >= 11 is 3.66. The highest BCUT2D eigenvalue weighted by Gasteiger charge is 2.24. The van der Waals surface area contributed by atoms with Crippen LogP contribution in [0.5, 0.6) is 0 Å². The molecule has 1 saturated heterocycles. The number of aliphatic imine (C=N–C) groups is 1. The SMILES string of the molecule is CN=C(N/N=C/C1CCCN1Cc1cccn1-c1ccccc1Br)N(C)C. The Morgan fingerprint density at radius 1 is 1.30 bits per heavy atom. The molecule has 1 N–H and O–H groups in total. The molecule has 2 aromatic rings. The summed E-state index contributed by atoms with van der Waals surface area (Å²) in [6.45, 7) is 1.98. The van der Waals surface area contributed by atoms with Gasteiger partial charge in [0.05, 0.1) is 5.69 Å². The predicted octanol–water partition coefficient (Wildman–Crippen LogP) is 3.33. The van der Waals surface area contributed by atoms with Crippen LogP contribution < -0.4 is 5.43 Å². The minimum atomic E-state index is 0.334. The van der Waals surface area contributed by atoms with Gasteiger partial charge in [0.15, 0.2) is 0 Å². The molecule has 3 rings (SSSR count). The first kappa shape index (κ1) is 19.6. The summed E-state index contributed by atoms with van der Waals surface area (Å²) in [6, 6.07) is 13.0. The summed E-state index contributed by atoms with van der Waals surface area (Å²) in [4.78, 5) is 8.57. The van der Waals surface area contributed by atoms with Crippen molar-refractivity contribution in [1.82, 2.24) is 19.8 Å². The van der Waals surface area contributed by atoms with E-state index in [1.54, 1.807) is 7.05 Å². The number of guanidine groups is 1. The number of hydrogen-bond acceptors (Lipinski definition) is 3. The van der Waals surface area contributed by atoms with Gasteiger partial charge >= 0.3 is 0 Å². The van der Waals surface area contributed by atoms with Crippen molar-refractivity contribution in [1.29, 1.82) is 0 Å². The summed E-state index contributed by atoms with van der Waals surface area (Å²) in [7, 11) is 5.65. The van der Waals surface area contributed by atoms with Crippen molar-refractivity contribution in [3.8, 4) is 5.69 Å². The molecule has 6 nitrogen and oxygen atoms in total. The monoisotopic (exact) mass is 430 g/mol. The first-order valence-electron chi connectivity index (χ1n) is 9.18. The molecule has 1 aliphatic rings. The average molecular weight is 431 g/mol. The highest BCUT2D eigenvalue weighted by Crippen LogP contribution is 2.25. The van der Waals surface area contributed by atoms with Gasteiger partial charge in [0, 0.05) is 56.3 Å². The van der Waals surface area contributed by atoms with Crippen LogP contribution in [-0.4, -0.2) is 60.3 Å². The first-order chi connectivity index (χ1) is 13.1. The Kier molecular flexibility index (Phi) is 6.68. The van der Waals surface area contributed by atoms with E-state index in [1.165, 1.54) is 17.8 Å². The molecule has 1 atom stereocenters. The lowest BCUT2D eigenvalue weighted by Gasteiger charge is -2.22. The standard InChI is InChI=1S/C20H27BrN6/c1-22-20(25(2)3)24-23-14-16-8-6-12-26(16)15-17-9-7-13-27(17)19-11-5-4-10-18(19)21/h4-5,7,9-11,13-14,16H,6,8,12,15H2,1-3H3,(H,22,24)/b23-14+. The minimum Gasteiger partial charge on any atom is -0.348 e. The van der Waals surface area contributed by atoms with Gasteiger partial charge in [-0.3, -0.25) is 9.89 Å². The number of halogens is 1. The molecule has 1 aromatic heterocycles. The van der Waals surface area contributed by atoms with Crippen molar-refractivity contribution in [3.63, 3.8) is 0 Å². The van der Waals surface area contributed by atoms with E-state index < -0.39 is 0 Å². The Hall–Kier alpha value is -2.12. The summed E-state index contributed by atoms with van der Waals surface area (Å²) < 4.78 is 3.35. The second-order valence-corrected chi connectivity index (χ2v) is 7.69. The largest absolute Gasteiger partial charge is 0.348 e. The third-order valence-electron chi connectivity index (χ3n) is 4.77. The van der Waals surface area contributed by atoms with E-state index in [9.17, 15) is 0 Å². The topological polar surface area (TPSA) is 48.2 Å². The number of nitrogens with one attached hydrogen (secondary N) is 1. The summed E-state index contributed by atoms with van der Waals surface area (Å²) in [5.41, 5.74) is 5.47. The van der Waals surface area contributed by atoms with Gasteiger partial charge < -0.3 is 9.47 Å². The Morgan fingerprint density at radius 3 is 2.85 bits per heavy atom. The maximum Gasteiger partial charge on any atom is 0.213 e. The number of hydrogen-bond donors (Lipinski definition) is 1. The molecule has 0 saturated carbocycles. The Bertz CT molecular complexity index is 810. The van der Waals surface area contributed by atoms with Crippen LogP contribution in [0.3, 0.4) is 0 Å². The second-order valence-electron chi connectivity index (χ2n) is 6.83. The van der Waals surface area contributed by atoms with Crippen LogP contribution in [0.25, 0.3) is 5.69 Å². The van der Waals surface area contributed by atoms with Crippen LogP contribution in [0.15, 0.2) is 57.2 Å². The van der Waals surface area contributed by atoms with E-state index in [0.29, 0.717) is 6.04 Å². The van der Waals surface area contributed by atoms with E-state index in [2.05, 4.69) is 77.4 Å².